The van der Waals surface area contributed by atoms with Gasteiger partial charge in [-0.25, -0.2) is 0 Å². The highest BCUT2D eigenvalue weighted by molar-refractivity contribution is 5.51. The third-order valence-corrected chi connectivity index (χ3v) is 3.27. The highest BCUT2D eigenvalue weighted by Gasteiger charge is 2.27. The van der Waals surface area contributed by atoms with Gasteiger partial charge < -0.3 is 10.0 Å². The van der Waals surface area contributed by atoms with E-state index in [9.17, 15) is 15.2 Å². The fraction of sp³-hybridized carbons (Fsp3) is 0.500. The van der Waals surface area contributed by atoms with Crippen molar-refractivity contribution in [1.29, 1.82) is 0 Å². The van der Waals surface area contributed by atoms with Crippen molar-refractivity contribution >= 4 is 11.4 Å². The molecule has 0 spiro atoms. The van der Waals surface area contributed by atoms with Gasteiger partial charge in [0.1, 0.15) is 0 Å². The lowest BCUT2D eigenvalue weighted by atomic mass is 9.93. The standard InChI is InChI=1S/C12H16N2O3/c1-12(15)6-8-13(9-7-12)10-2-4-11(5-3-10)14(16)17/h2-5,15H,6-9H2,1H3. The van der Waals surface area contributed by atoms with Gasteiger partial charge in [-0.3, -0.25) is 10.1 Å². The fourth-order valence-electron chi connectivity index (χ4n) is 2.03. The summed E-state index contributed by atoms with van der Waals surface area (Å²) in [6.07, 6.45) is 1.45. The van der Waals surface area contributed by atoms with E-state index in [2.05, 4.69) is 4.90 Å². The summed E-state index contributed by atoms with van der Waals surface area (Å²) in [7, 11) is 0. The van der Waals surface area contributed by atoms with Gasteiger partial charge in [0.25, 0.3) is 5.69 Å². The minimum Gasteiger partial charge on any atom is -0.390 e. The molecule has 0 amide bonds. The zero-order chi connectivity index (χ0) is 12.5. The van der Waals surface area contributed by atoms with Gasteiger partial charge in [0.2, 0.25) is 0 Å². The van der Waals surface area contributed by atoms with Gasteiger partial charge in [0, 0.05) is 30.9 Å². The molecule has 1 heterocycles. The molecular formula is C12H16N2O3. The zero-order valence-electron chi connectivity index (χ0n) is 9.80. The second-order valence-electron chi connectivity index (χ2n) is 4.76. The first-order valence-corrected chi connectivity index (χ1v) is 5.70. The molecule has 0 atom stereocenters. The van der Waals surface area contributed by atoms with Crippen molar-refractivity contribution in [2.75, 3.05) is 18.0 Å². The van der Waals surface area contributed by atoms with E-state index < -0.39 is 10.5 Å². The molecule has 1 aromatic rings. The first kappa shape index (κ1) is 11.9. The molecule has 1 aliphatic rings. The van der Waals surface area contributed by atoms with Crippen molar-refractivity contribution in [2.45, 2.75) is 25.4 Å². The van der Waals surface area contributed by atoms with Crippen LogP contribution < -0.4 is 4.90 Å². The highest BCUT2D eigenvalue weighted by Crippen LogP contribution is 2.26. The number of benzene rings is 1. The van der Waals surface area contributed by atoms with Gasteiger partial charge in [0.15, 0.2) is 0 Å². The fourth-order valence-corrected chi connectivity index (χ4v) is 2.03. The summed E-state index contributed by atoms with van der Waals surface area (Å²) in [5.74, 6) is 0. The normalized spacial score (nSPS) is 19.1. The van der Waals surface area contributed by atoms with E-state index in [1.165, 1.54) is 12.1 Å². The molecule has 0 radical (unpaired) electrons. The predicted octanol–water partition coefficient (Wildman–Crippen LogP) is 1.95. The third kappa shape index (κ3) is 2.74. The van der Waals surface area contributed by atoms with Crippen molar-refractivity contribution in [3.8, 4) is 0 Å². The van der Waals surface area contributed by atoms with E-state index in [0.29, 0.717) is 0 Å². The molecule has 17 heavy (non-hydrogen) atoms. The second-order valence-corrected chi connectivity index (χ2v) is 4.76. The highest BCUT2D eigenvalue weighted by atomic mass is 16.6. The second kappa shape index (κ2) is 4.33. The van der Waals surface area contributed by atoms with Crippen LogP contribution in [-0.4, -0.2) is 28.7 Å². The molecule has 2 rings (SSSR count). The minimum atomic E-state index is -0.572. The quantitative estimate of drug-likeness (QED) is 0.629. The van der Waals surface area contributed by atoms with E-state index in [4.69, 9.17) is 0 Å². The van der Waals surface area contributed by atoms with Crippen LogP contribution in [0, 0.1) is 10.1 Å². The number of non-ortho nitro benzene ring substituents is 1. The van der Waals surface area contributed by atoms with Crippen molar-refractivity contribution in [3.05, 3.63) is 34.4 Å². The molecule has 0 unspecified atom stereocenters. The maximum absolute atomic E-state index is 10.5. The Hall–Kier alpha value is -1.62. The minimum absolute atomic E-state index is 0.109. The van der Waals surface area contributed by atoms with Gasteiger partial charge in [-0.2, -0.15) is 0 Å². The molecule has 92 valence electrons. The number of nitro groups is 1. The van der Waals surface area contributed by atoms with E-state index in [0.717, 1.165) is 31.6 Å². The Labute approximate surface area is 99.8 Å². The van der Waals surface area contributed by atoms with Crippen LogP contribution in [0.15, 0.2) is 24.3 Å². The monoisotopic (exact) mass is 236 g/mol. The van der Waals surface area contributed by atoms with Crippen LogP contribution in [0.4, 0.5) is 11.4 Å². The molecule has 1 aliphatic heterocycles. The summed E-state index contributed by atoms with van der Waals surface area (Å²) in [6, 6.07) is 6.56. The molecule has 0 bridgehead atoms. The maximum atomic E-state index is 10.5. The molecule has 0 aromatic heterocycles. The third-order valence-electron chi connectivity index (χ3n) is 3.27. The molecule has 0 saturated carbocycles. The number of aliphatic hydroxyl groups is 1. The molecular weight excluding hydrogens is 220 g/mol. The molecule has 1 fully saturated rings. The number of hydrogen-bond acceptors (Lipinski definition) is 4. The topological polar surface area (TPSA) is 66.6 Å². The van der Waals surface area contributed by atoms with Crippen LogP contribution in [0.2, 0.25) is 0 Å². The number of nitrogens with zero attached hydrogens (tertiary/aromatic N) is 2. The number of anilines is 1. The van der Waals surface area contributed by atoms with Gasteiger partial charge >= 0.3 is 0 Å². The van der Waals surface area contributed by atoms with Gasteiger partial charge in [-0.05, 0) is 31.9 Å². The van der Waals surface area contributed by atoms with Crippen LogP contribution in [0.5, 0.6) is 0 Å². The predicted molar refractivity (Wildman–Crippen MR) is 65.2 cm³/mol. The summed E-state index contributed by atoms with van der Waals surface area (Å²) < 4.78 is 0. The molecule has 5 heteroatoms. The maximum Gasteiger partial charge on any atom is 0.269 e. The van der Waals surface area contributed by atoms with Crippen molar-refractivity contribution in [3.63, 3.8) is 0 Å². The summed E-state index contributed by atoms with van der Waals surface area (Å²) >= 11 is 0. The summed E-state index contributed by atoms with van der Waals surface area (Å²) in [5, 5.41) is 20.4. The number of piperidine rings is 1. The van der Waals surface area contributed by atoms with Gasteiger partial charge in [-0.1, -0.05) is 0 Å². The lowest BCUT2D eigenvalue weighted by Gasteiger charge is -2.37. The summed E-state index contributed by atoms with van der Waals surface area (Å²) in [6.45, 7) is 3.41. The Balaban J connectivity index is 2.06. The van der Waals surface area contributed by atoms with Crippen LogP contribution in [0.1, 0.15) is 19.8 Å². The van der Waals surface area contributed by atoms with Crippen molar-refractivity contribution in [1.82, 2.24) is 0 Å². The average molecular weight is 236 g/mol. The lowest BCUT2D eigenvalue weighted by Crippen LogP contribution is -2.42. The Morgan fingerprint density at radius 3 is 2.29 bits per heavy atom. The molecule has 1 N–H and O–H groups in total. The van der Waals surface area contributed by atoms with E-state index in [-0.39, 0.29) is 5.69 Å². The van der Waals surface area contributed by atoms with Crippen LogP contribution in [-0.2, 0) is 0 Å². The summed E-state index contributed by atoms with van der Waals surface area (Å²) in [5.41, 5.74) is 0.515. The lowest BCUT2D eigenvalue weighted by molar-refractivity contribution is -0.384. The summed E-state index contributed by atoms with van der Waals surface area (Å²) in [4.78, 5) is 12.3. The number of hydrogen-bond donors (Lipinski definition) is 1. The van der Waals surface area contributed by atoms with Gasteiger partial charge in [0.05, 0.1) is 10.5 Å². The number of nitro benzene ring substituents is 1. The Kier molecular flexibility index (Phi) is 3.02. The van der Waals surface area contributed by atoms with E-state index in [1.54, 1.807) is 12.1 Å². The Morgan fingerprint density at radius 2 is 1.82 bits per heavy atom. The molecule has 5 nitrogen and oxygen atoms in total. The zero-order valence-corrected chi connectivity index (χ0v) is 9.80. The molecule has 0 aliphatic carbocycles. The van der Waals surface area contributed by atoms with Crippen LogP contribution in [0.3, 0.4) is 0 Å². The first-order valence-electron chi connectivity index (χ1n) is 5.70. The van der Waals surface area contributed by atoms with E-state index >= 15 is 0 Å². The van der Waals surface area contributed by atoms with E-state index in [1.807, 2.05) is 6.92 Å². The number of rotatable bonds is 2. The Morgan fingerprint density at radius 1 is 1.29 bits per heavy atom. The first-order chi connectivity index (χ1) is 7.98. The largest absolute Gasteiger partial charge is 0.390 e. The Bertz CT molecular complexity index is 404. The smallest absolute Gasteiger partial charge is 0.269 e. The van der Waals surface area contributed by atoms with Crippen LogP contribution in [0.25, 0.3) is 0 Å². The van der Waals surface area contributed by atoms with Crippen LogP contribution >= 0.6 is 0 Å². The van der Waals surface area contributed by atoms with Gasteiger partial charge in [-0.15, -0.1) is 0 Å². The average Bonchev–Trinajstić information content (AvgIpc) is 2.29. The van der Waals surface area contributed by atoms with Crippen molar-refractivity contribution in [2.24, 2.45) is 0 Å². The van der Waals surface area contributed by atoms with Crippen molar-refractivity contribution < 1.29 is 10.0 Å². The molecule has 1 saturated heterocycles. The SMILES string of the molecule is CC1(O)CCN(c2ccc([N+](=O)[O-])cc2)CC1. The molecule has 1 aromatic carbocycles.